The molecule has 1 aromatic carbocycles. The van der Waals surface area contributed by atoms with E-state index in [9.17, 15) is 0 Å². The molecule has 2 aromatic rings. The normalized spacial score (nSPS) is 16.5. The topological polar surface area (TPSA) is 89.3 Å². The minimum atomic E-state index is 0.263. The zero-order chi connectivity index (χ0) is 16.1. The third-order valence-electron chi connectivity index (χ3n) is 3.89. The third-order valence-corrected chi connectivity index (χ3v) is 4.13. The fraction of sp³-hybridized carbons (Fsp3) is 0.438. The average molecular weight is 334 g/mol. The molecule has 0 amide bonds. The van der Waals surface area contributed by atoms with Gasteiger partial charge in [0.2, 0.25) is 11.7 Å². The van der Waals surface area contributed by atoms with Crippen LogP contribution in [0.3, 0.4) is 0 Å². The van der Waals surface area contributed by atoms with Crippen molar-refractivity contribution in [1.82, 2.24) is 15.5 Å². The Kier molecular flexibility index (Phi) is 5.12. The number of nitrogens with two attached hydrogens (primary N) is 1. The van der Waals surface area contributed by atoms with E-state index in [2.05, 4.69) is 20.4 Å². The van der Waals surface area contributed by atoms with Crippen molar-refractivity contribution < 1.29 is 4.52 Å². The van der Waals surface area contributed by atoms with Crippen molar-refractivity contribution in [2.24, 2.45) is 10.7 Å². The van der Waals surface area contributed by atoms with E-state index in [0.29, 0.717) is 28.7 Å². The van der Waals surface area contributed by atoms with Crippen molar-refractivity contribution in [1.29, 1.82) is 0 Å². The fourth-order valence-electron chi connectivity index (χ4n) is 2.72. The first-order valence-corrected chi connectivity index (χ1v) is 8.23. The Morgan fingerprint density at radius 3 is 2.96 bits per heavy atom. The molecule has 1 aliphatic carbocycles. The molecule has 0 spiro atoms. The number of aliphatic imine (C=N–C) groups is 1. The van der Waals surface area contributed by atoms with Gasteiger partial charge in [-0.2, -0.15) is 4.98 Å². The molecule has 3 N–H and O–H groups in total. The van der Waals surface area contributed by atoms with E-state index >= 15 is 0 Å². The summed E-state index contributed by atoms with van der Waals surface area (Å²) in [7, 11) is 0. The van der Waals surface area contributed by atoms with Crippen LogP contribution >= 0.6 is 11.6 Å². The summed E-state index contributed by atoms with van der Waals surface area (Å²) in [5.41, 5.74) is 6.73. The zero-order valence-electron chi connectivity index (χ0n) is 12.8. The highest BCUT2D eigenvalue weighted by atomic mass is 35.5. The van der Waals surface area contributed by atoms with Crippen LogP contribution in [0.2, 0.25) is 5.02 Å². The van der Waals surface area contributed by atoms with E-state index in [-0.39, 0.29) is 6.54 Å². The van der Waals surface area contributed by atoms with Crippen LogP contribution in [0.5, 0.6) is 0 Å². The highest BCUT2D eigenvalue weighted by Crippen LogP contribution is 2.20. The molecule has 0 bridgehead atoms. The molecule has 0 aliphatic heterocycles. The van der Waals surface area contributed by atoms with Crippen molar-refractivity contribution >= 4 is 17.6 Å². The molecule has 122 valence electrons. The van der Waals surface area contributed by atoms with Crippen LogP contribution < -0.4 is 11.1 Å². The highest BCUT2D eigenvalue weighted by molar-refractivity contribution is 6.30. The molecule has 1 heterocycles. The Morgan fingerprint density at radius 1 is 1.35 bits per heavy atom. The first-order chi connectivity index (χ1) is 11.2. The lowest BCUT2D eigenvalue weighted by Crippen LogP contribution is -2.41. The summed E-state index contributed by atoms with van der Waals surface area (Å²) in [6.07, 6.45) is 6.10. The predicted octanol–water partition coefficient (Wildman–Crippen LogP) is 3.13. The third kappa shape index (κ3) is 4.45. The van der Waals surface area contributed by atoms with Gasteiger partial charge in [-0.1, -0.05) is 48.2 Å². The second kappa shape index (κ2) is 7.46. The van der Waals surface area contributed by atoms with Crippen LogP contribution in [0.4, 0.5) is 0 Å². The summed E-state index contributed by atoms with van der Waals surface area (Å²) in [5.74, 6) is 1.35. The Morgan fingerprint density at radius 2 is 2.17 bits per heavy atom. The number of nitrogens with zero attached hydrogens (tertiary/aromatic N) is 3. The van der Waals surface area contributed by atoms with Crippen molar-refractivity contribution in [3.8, 4) is 11.4 Å². The molecule has 0 radical (unpaired) electrons. The molecule has 1 saturated carbocycles. The van der Waals surface area contributed by atoms with Crippen molar-refractivity contribution in [3.05, 3.63) is 35.2 Å². The maximum absolute atomic E-state index is 5.96. The van der Waals surface area contributed by atoms with E-state index in [0.717, 1.165) is 18.4 Å². The van der Waals surface area contributed by atoms with Gasteiger partial charge in [-0.3, -0.25) is 0 Å². The molecule has 0 unspecified atom stereocenters. The smallest absolute Gasteiger partial charge is 0.248 e. The van der Waals surface area contributed by atoms with Gasteiger partial charge in [0.1, 0.15) is 6.54 Å². The minimum absolute atomic E-state index is 0.263. The van der Waals surface area contributed by atoms with Crippen molar-refractivity contribution in [2.75, 3.05) is 0 Å². The summed E-state index contributed by atoms with van der Waals surface area (Å²) in [6.45, 7) is 0.263. The van der Waals surface area contributed by atoms with Gasteiger partial charge in [0.05, 0.1) is 0 Å². The molecular weight excluding hydrogens is 314 g/mol. The van der Waals surface area contributed by atoms with Crippen LogP contribution in [0.15, 0.2) is 33.8 Å². The van der Waals surface area contributed by atoms with E-state index < -0.39 is 0 Å². The van der Waals surface area contributed by atoms with Gasteiger partial charge in [0.15, 0.2) is 5.96 Å². The highest BCUT2D eigenvalue weighted by Gasteiger charge is 2.14. The second-order valence-corrected chi connectivity index (χ2v) is 6.14. The van der Waals surface area contributed by atoms with Gasteiger partial charge in [-0.25, -0.2) is 4.99 Å². The van der Waals surface area contributed by atoms with Gasteiger partial charge in [0, 0.05) is 16.6 Å². The van der Waals surface area contributed by atoms with Crippen molar-refractivity contribution in [2.45, 2.75) is 44.7 Å². The number of halogens is 1. The summed E-state index contributed by atoms with van der Waals surface area (Å²) < 4.78 is 5.20. The summed E-state index contributed by atoms with van der Waals surface area (Å²) in [6, 6.07) is 7.74. The maximum Gasteiger partial charge on any atom is 0.248 e. The van der Waals surface area contributed by atoms with Gasteiger partial charge < -0.3 is 15.6 Å². The Hall–Kier alpha value is -2.08. The molecular formula is C16H20ClN5O. The quantitative estimate of drug-likeness (QED) is 0.662. The van der Waals surface area contributed by atoms with Gasteiger partial charge in [-0.05, 0) is 25.0 Å². The number of hydrogen-bond donors (Lipinski definition) is 2. The lowest BCUT2D eigenvalue weighted by atomic mass is 9.96. The molecule has 1 aromatic heterocycles. The lowest BCUT2D eigenvalue weighted by molar-refractivity contribution is 0.380. The molecule has 3 rings (SSSR count). The first kappa shape index (κ1) is 15.8. The van der Waals surface area contributed by atoms with Crippen LogP contribution in [-0.2, 0) is 6.54 Å². The Balaban J connectivity index is 1.59. The van der Waals surface area contributed by atoms with Crippen LogP contribution in [0, 0.1) is 0 Å². The summed E-state index contributed by atoms with van der Waals surface area (Å²) in [5, 5.41) is 7.83. The van der Waals surface area contributed by atoms with Crippen LogP contribution in [-0.4, -0.2) is 22.1 Å². The summed E-state index contributed by atoms with van der Waals surface area (Å²) >= 11 is 5.96. The fourth-order valence-corrected chi connectivity index (χ4v) is 2.91. The molecule has 0 atom stereocenters. The lowest BCUT2D eigenvalue weighted by Gasteiger charge is -2.22. The van der Waals surface area contributed by atoms with Crippen LogP contribution in [0.25, 0.3) is 11.4 Å². The SMILES string of the molecule is NC(=NCc1nc(-c2cccc(Cl)c2)no1)NC1CCCCC1. The van der Waals surface area contributed by atoms with Gasteiger partial charge in [0.25, 0.3) is 0 Å². The zero-order valence-corrected chi connectivity index (χ0v) is 13.6. The second-order valence-electron chi connectivity index (χ2n) is 5.70. The van der Waals surface area contributed by atoms with E-state index in [1.165, 1.54) is 19.3 Å². The molecule has 0 saturated heterocycles. The predicted molar refractivity (Wildman–Crippen MR) is 90.1 cm³/mol. The molecule has 1 fully saturated rings. The number of nitrogens with one attached hydrogen (secondary N) is 1. The maximum atomic E-state index is 5.96. The molecule has 6 nitrogen and oxygen atoms in total. The summed E-state index contributed by atoms with van der Waals surface area (Å²) in [4.78, 5) is 8.59. The standard InChI is InChI=1S/C16H20ClN5O/c17-12-6-4-5-11(9-12)15-21-14(23-22-15)10-19-16(18)20-13-7-2-1-3-8-13/h4-6,9,13H,1-3,7-8,10H2,(H3,18,19,20). The number of rotatable bonds is 4. The van der Waals surface area contributed by atoms with Gasteiger partial charge >= 0.3 is 0 Å². The molecule has 23 heavy (non-hydrogen) atoms. The van der Waals surface area contributed by atoms with Gasteiger partial charge in [-0.15, -0.1) is 0 Å². The van der Waals surface area contributed by atoms with Crippen molar-refractivity contribution in [3.63, 3.8) is 0 Å². The average Bonchev–Trinajstić information content (AvgIpc) is 3.03. The van der Waals surface area contributed by atoms with E-state index in [1.807, 2.05) is 12.1 Å². The minimum Gasteiger partial charge on any atom is -0.370 e. The van der Waals surface area contributed by atoms with Crippen LogP contribution in [0.1, 0.15) is 38.0 Å². The van der Waals surface area contributed by atoms with E-state index in [1.54, 1.807) is 12.1 Å². The molecule has 1 aliphatic rings. The first-order valence-electron chi connectivity index (χ1n) is 7.86. The number of aromatic nitrogens is 2. The number of benzene rings is 1. The largest absolute Gasteiger partial charge is 0.370 e. The number of guanidine groups is 1. The molecule has 7 heteroatoms. The number of hydrogen-bond acceptors (Lipinski definition) is 4. The van der Waals surface area contributed by atoms with E-state index in [4.69, 9.17) is 21.9 Å². The monoisotopic (exact) mass is 333 g/mol. The Bertz CT molecular complexity index is 679. The Labute approximate surface area is 140 Å².